The zero-order valence-electron chi connectivity index (χ0n) is 8.65. The number of ketones is 2. The summed E-state index contributed by atoms with van der Waals surface area (Å²) < 4.78 is 4.60. The molecule has 0 spiro atoms. The van der Waals surface area contributed by atoms with Crippen molar-refractivity contribution in [1.82, 2.24) is 0 Å². The summed E-state index contributed by atoms with van der Waals surface area (Å²) in [6, 6.07) is 1.75. The molecule has 80 valence electrons. The molecule has 15 heavy (non-hydrogen) atoms. The zero-order chi connectivity index (χ0) is 11.3. The largest absolute Gasteiger partial charge is 0.504 e. The van der Waals surface area contributed by atoms with Gasteiger partial charge in [-0.05, 0) is 18.4 Å². The average molecular weight is 224 g/mol. The van der Waals surface area contributed by atoms with Gasteiger partial charge in [-0.15, -0.1) is 11.3 Å². The monoisotopic (exact) mass is 224 g/mol. The summed E-state index contributed by atoms with van der Waals surface area (Å²) in [5.74, 6) is -0.382. The normalized spacial score (nSPS) is 10.5. The summed E-state index contributed by atoms with van der Waals surface area (Å²) in [6.07, 6.45) is 2.44. The SMILES string of the molecule is COC=CC(=O)CC(=O)c1ccsc1C. The summed E-state index contributed by atoms with van der Waals surface area (Å²) in [4.78, 5) is 23.8. The van der Waals surface area contributed by atoms with Crippen molar-refractivity contribution in [3.8, 4) is 0 Å². The lowest BCUT2D eigenvalue weighted by Crippen LogP contribution is -2.05. The molecule has 0 saturated heterocycles. The van der Waals surface area contributed by atoms with Crippen molar-refractivity contribution in [2.24, 2.45) is 0 Å². The number of hydrogen-bond acceptors (Lipinski definition) is 4. The van der Waals surface area contributed by atoms with Crippen LogP contribution in [0, 0.1) is 6.92 Å². The fourth-order valence-corrected chi connectivity index (χ4v) is 1.85. The standard InChI is InChI=1S/C11H12O3S/c1-8-10(4-6-15-8)11(13)7-9(12)3-5-14-2/h3-6H,7H2,1-2H3. The molecule has 3 nitrogen and oxygen atoms in total. The highest BCUT2D eigenvalue weighted by Crippen LogP contribution is 2.16. The molecule has 0 atom stereocenters. The molecule has 0 aliphatic carbocycles. The summed E-state index contributed by atoms with van der Waals surface area (Å²) >= 11 is 1.50. The number of hydrogen-bond donors (Lipinski definition) is 0. The van der Waals surface area contributed by atoms with E-state index in [1.54, 1.807) is 6.07 Å². The molecule has 0 saturated carbocycles. The van der Waals surface area contributed by atoms with Gasteiger partial charge in [0.15, 0.2) is 11.6 Å². The average Bonchev–Trinajstić information content (AvgIpc) is 2.61. The highest BCUT2D eigenvalue weighted by Gasteiger charge is 2.12. The third kappa shape index (κ3) is 3.32. The second-order valence-electron chi connectivity index (χ2n) is 3.00. The topological polar surface area (TPSA) is 43.4 Å². The lowest BCUT2D eigenvalue weighted by atomic mass is 10.1. The van der Waals surface area contributed by atoms with Crippen molar-refractivity contribution in [3.05, 3.63) is 34.2 Å². The van der Waals surface area contributed by atoms with Crippen LogP contribution in [0.1, 0.15) is 21.7 Å². The maximum Gasteiger partial charge on any atom is 0.171 e. The van der Waals surface area contributed by atoms with Gasteiger partial charge < -0.3 is 4.74 Å². The first-order chi connectivity index (χ1) is 7.15. The van der Waals surface area contributed by atoms with Gasteiger partial charge in [0.1, 0.15) is 0 Å². The number of methoxy groups -OCH3 is 1. The molecule has 0 N–H and O–H groups in total. The van der Waals surface area contributed by atoms with Crippen LogP contribution in [0.3, 0.4) is 0 Å². The number of allylic oxidation sites excluding steroid dienone is 1. The minimum atomic E-state index is -0.243. The molecular formula is C11H12O3S. The van der Waals surface area contributed by atoms with Crippen molar-refractivity contribution in [1.29, 1.82) is 0 Å². The lowest BCUT2D eigenvalue weighted by molar-refractivity contribution is -0.113. The highest BCUT2D eigenvalue weighted by molar-refractivity contribution is 7.10. The summed E-state index contributed by atoms with van der Waals surface area (Å²) in [5.41, 5.74) is 0.638. The Morgan fingerprint density at radius 3 is 2.80 bits per heavy atom. The van der Waals surface area contributed by atoms with Crippen LogP contribution in [0.5, 0.6) is 0 Å². The van der Waals surface area contributed by atoms with E-state index in [1.807, 2.05) is 12.3 Å². The molecule has 1 aromatic rings. The molecule has 0 aliphatic heterocycles. The van der Waals surface area contributed by atoms with Crippen molar-refractivity contribution in [2.45, 2.75) is 13.3 Å². The van der Waals surface area contributed by atoms with Crippen LogP contribution in [-0.4, -0.2) is 18.7 Å². The van der Waals surface area contributed by atoms with Crippen molar-refractivity contribution in [2.75, 3.05) is 7.11 Å². The summed E-state index contributed by atoms with van der Waals surface area (Å²) in [7, 11) is 1.45. The van der Waals surface area contributed by atoms with Gasteiger partial charge in [-0.25, -0.2) is 0 Å². The minimum Gasteiger partial charge on any atom is -0.504 e. The lowest BCUT2D eigenvalue weighted by Gasteiger charge is -1.96. The number of aryl methyl sites for hydroxylation is 1. The van der Waals surface area contributed by atoms with E-state index in [0.717, 1.165) is 4.88 Å². The van der Waals surface area contributed by atoms with E-state index in [9.17, 15) is 9.59 Å². The van der Waals surface area contributed by atoms with E-state index in [1.165, 1.54) is 30.8 Å². The zero-order valence-corrected chi connectivity index (χ0v) is 9.47. The second kappa shape index (κ2) is 5.46. The first-order valence-corrected chi connectivity index (χ1v) is 5.32. The van der Waals surface area contributed by atoms with E-state index in [0.29, 0.717) is 5.56 Å². The summed E-state index contributed by atoms with van der Waals surface area (Å²) in [5, 5.41) is 1.85. The number of Topliss-reactive ketones (excluding diaryl/α,β-unsaturated/α-hetero) is 1. The Bertz CT molecular complexity index is 390. The Kier molecular flexibility index (Phi) is 4.24. The van der Waals surface area contributed by atoms with Gasteiger partial charge in [0.25, 0.3) is 0 Å². The number of carbonyl (C=O) groups is 2. The number of thiophene rings is 1. The third-order valence-electron chi connectivity index (χ3n) is 1.88. The predicted molar refractivity (Wildman–Crippen MR) is 59.2 cm³/mol. The van der Waals surface area contributed by atoms with Crippen molar-refractivity contribution < 1.29 is 14.3 Å². The van der Waals surface area contributed by atoms with Crippen LogP contribution >= 0.6 is 11.3 Å². The first kappa shape index (κ1) is 11.7. The van der Waals surface area contributed by atoms with E-state index in [-0.39, 0.29) is 18.0 Å². The molecule has 0 unspecified atom stereocenters. The maximum atomic E-state index is 11.6. The van der Waals surface area contributed by atoms with Gasteiger partial charge in [0, 0.05) is 16.5 Å². The van der Waals surface area contributed by atoms with Gasteiger partial charge in [-0.3, -0.25) is 9.59 Å². The van der Waals surface area contributed by atoms with Crippen LogP contribution in [0.25, 0.3) is 0 Å². The number of ether oxygens (including phenoxy) is 1. The van der Waals surface area contributed by atoms with Crippen LogP contribution in [0.2, 0.25) is 0 Å². The fraction of sp³-hybridized carbons (Fsp3) is 0.273. The Balaban J connectivity index is 2.61. The van der Waals surface area contributed by atoms with E-state index in [2.05, 4.69) is 4.74 Å². The molecular weight excluding hydrogens is 212 g/mol. The Morgan fingerprint density at radius 2 is 2.27 bits per heavy atom. The maximum absolute atomic E-state index is 11.6. The molecule has 0 bridgehead atoms. The van der Waals surface area contributed by atoms with E-state index < -0.39 is 0 Å². The van der Waals surface area contributed by atoms with E-state index >= 15 is 0 Å². The summed E-state index contributed by atoms with van der Waals surface area (Å²) in [6.45, 7) is 1.87. The number of carbonyl (C=O) groups excluding carboxylic acids is 2. The van der Waals surface area contributed by atoms with Gasteiger partial charge in [0.05, 0.1) is 19.8 Å². The molecule has 0 fully saturated rings. The molecule has 1 heterocycles. The molecule has 4 heteroatoms. The molecule has 0 aliphatic rings. The first-order valence-electron chi connectivity index (χ1n) is 4.44. The molecule has 1 aromatic heterocycles. The van der Waals surface area contributed by atoms with Crippen molar-refractivity contribution >= 4 is 22.9 Å². The van der Waals surface area contributed by atoms with Crippen LogP contribution in [-0.2, 0) is 9.53 Å². The van der Waals surface area contributed by atoms with Crippen LogP contribution in [0.4, 0.5) is 0 Å². The molecule has 0 amide bonds. The minimum absolute atomic E-state index is 0.0998. The van der Waals surface area contributed by atoms with Gasteiger partial charge in [0.2, 0.25) is 0 Å². The fourth-order valence-electron chi connectivity index (χ4n) is 1.13. The quantitative estimate of drug-likeness (QED) is 0.334. The number of rotatable bonds is 5. The van der Waals surface area contributed by atoms with Crippen LogP contribution in [0.15, 0.2) is 23.8 Å². The van der Waals surface area contributed by atoms with Crippen molar-refractivity contribution in [3.63, 3.8) is 0 Å². The second-order valence-corrected chi connectivity index (χ2v) is 4.12. The Morgan fingerprint density at radius 1 is 1.53 bits per heavy atom. The smallest absolute Gasteiger partial charge is 0.171 e. The molecule has 1 rings (SSSR count). The van der Waals surface area contributed by atoms with Gasteiger partial charge >= 0.3 is 0 Å². The predicted octanol–water partition coefficient (Wildman–Crippen LogP) is 2.36. The van der Waals surface area contributed by atoms with Crippen LogP contribution < -0.4 is 0 Å². The van der Waals surface area contributed by atoms with Gasteiger partial charge in [-0.2, -0.15) is 0 Å². The van der Waals surface area contributed by atoms with Gasteiger partial charge in [-0.1, -0.05) is 0 Å². The molecule has 0 aromatic carbocycles. The Labute approximate surface area is 92.4 Å². The molecule has 0 radical (unpaired) electrons. The third-order valence-corrected chi connectivity index (χ3v) is 2.73. The van der Waals surface area contributed by atoms with E-state index in [4.69, 9.17) is 0 Å². The Hall–Kier alpha value is -1.42. The highest BCUT2D eigenvalue weighted by atomic mass is 32.1.